The first kappa shape index (κ1) is 29.9. The molecule has 0 aliphatic heterocycles. The lowest BCUT2D eigenvalue weighted by atomic mass is 9.99. The van der Waals surface area contributed by atoms with E-state index >= 15 is 0 Å². The summed E-state index contributed by atoms with van der Waals surface area (Å²) in [6.07, 6.45) is 1.83. The van der Waals surface area contributed by atoms with E-state index in [2.05, 4.69) is 180 Å². The summed E-state index contributed by atoms with van der Waals surface area (Å²) in [5.74, 6) is 0. The van der Waals surface area contributed by atoms with E-state index in [1.165, 1.54) is 43.8 Å². The van der Waals surface area contributed by atoms with E-state index < -0.39 is 0 Å². The molecule has 2 aromatic heterocycles. The number of aromatic nitrogens is 1. The van der Waals surface area contributed by atoms with Crippen molar-refractivity contribution in [2.45, 2.75) is 0 Å². The van der Waals surface area contributed by atoms with Crippen LogP contribution in [0.15, 0.2) is 199 Å². The lowest BCUT2D eigenvalue weighted by molar-refractivity contribution is 0.654. The van der Waals surface area contributed by atoms with Gasteiger partial charge in [0.25, 0.3) is 0 Å². The molecule has 0 amide bonds. The fourth-order valence-corrected chi connectivity index (χ4v) is 7.47. The van der Waals surface area contributed by atoms with Crippen LogP contribution in [0.2, 0.25) is 0 Å². The summed E-state index contributed by atoms with van der Waals surface area (Å²) in [7, 11) is 0. The number of benzene rings is 8. The highest BCUT2D eigenvalue weighted by molar-refractivity contribution is 6.11. The summed E-state index contributed by atoms with van der Waals surface area (Å²) < 4.78 is 6.10. The number of anilines is 3. The lowest BCUT2D eigenvalue weighted by Gasteiger charge is -2.26. The van der Waals surface area contributed by atoms with Gasteiger partial charge in [-0.2, -0.15) is 0 Å². The summed E-state index contributed by atoms with van der Waals surface area (Å²) in [5, 5.41) is 7.09. The zero-order valence-corrected chi connectivity index (χ0v) is 28.3. The molecule has 0 fully saturated rings. The Morgan fingerprint density at radius 2 is 0.846 bits per heavy atom. The molecule has 2 heterocycles. The average Bonchev–Trinajstić information content (AvgIpc) is 3.61. The number of nitrogens with zero attached hydrogens (tertiary/aromatic N) is 2. The van der Waals surface area contributed by atoms with Crippen molar-refractivity contribution in [1.29, 1.82) is 0 Å². The molecule has 52 heavy (non-hydrogen) atoms. The molecule has 8 aromatic carbocycles. The monoisotopic (exact) mass is 664 g/mol. The van der Waals surface area contributed by atoms with E-state index in [0.29, 0.717) is 5.71 Å². The van der Waals surface area contributed by atoms with E-state index in [0.717, 1.165) is 44.5 Å². The molecule has 3 nitrogen and oxygen atoms in total. The molecule has 3 heteroatoms. The van der Waals surface area contributed by atoms with Crippen molar-refractivity contribution in [2.24, 2.45) is 0 Å². The highest BCUT2D eigenvalue weighted by Gasteiger charge is 2.16. The van der Waals surface area contributed by atoms with E-state index in [4.69, 9.17) is 4.42 Å². The SMILES string of the molecule is c1ccc2cc(-c3ccc(N(c4ccc(-c5ccc6ccccc6c5)cc4)c4ccc(-c5ccnc6oc7ccccc7c56)cc4)cc3)ccc2c1. The minimum atomic E-state index is 0.655. The maximum Gasteiger partial charge on any atom is 0.227 e. The van der Waals surface area contributed by atoms with Crippen LogP contribution in [0.25, 0.3) is 77.0 Å². The van der Waals surface area contributed by atoms with Crippen LogP contribution in [0.5, 0.6) is 0 Å². The summed E-state index contributed by atoms with van der Waals surface area (Å²) in [6, 6.07) is 67.2. The van der Waals surface area contributed by atoms with Gasteiger partial charge in [-0.15, -0.1) is 0 Å². The van der Waals surface area contributed by atoms with E-state index in [1.807, 2.05) is 24.4 Å². The van der Waals surface area contributed by atoms with E-state index in [9.17, 15) is 0 Å². The number of rotatable bonds is 6. The Morgan fingerprint density at radius 1 is 0.385 bits per heavy atom. The van der Waals surface area contributed by atoms with Crippen molar-refractivity contribution in [3.8, 4) is 33.4 Å². The number of hydrogen-bond acceptors (Lipinski definition) is 3. The zero-order valence-electron chi connectivity index (χ0n) is 28.3. The second-order valence-electron chi connectivity index (χ2n) is 13.2. The Hall–Kier alpha value is -6.97. The predicted octanol–water partition coefficient (Wildman–Crippen LogP) is 13.8. The zero-order chi connectivity index (χ0) is 34.4. The van der Waals surface area contributed by atoms with Gasteiger partial charge in [0.05, 0.1) is 5.39 Å². The standard InChI is InChI=1S/C49H32N2O/c1-3-9-38-31-40(15-13-33(38)7-1)35-17-23-42(24-18-35)51(43-25-19-36(20-26-43)41-16-14-34-8-2-4-10-39(34)32-41)44-27-21-37(22-28-44)45-29-30-50-49-48(45)46-11-5-6-12-47(46)52-49/h1-32H. The number of fused-ring (bicyclic) bond motifs is 5. The molecule has 0 saturated carbocycles. The molecule has 0 radical (unpaired) electrons. The fraction of sp³-hybridized carbons (Fsp3) is 0. The number of furan rings is 1. The maximum absolute atomic E-state index is 6.10. The minimum Gasteiger partial charge on any atom is -0.438 e. The maximum atomic E-state index is 6.10. The van der Waals surface area contributed by atoms with Gasteiger partial charge in [-0.1, -0.05) is 127 Å². The largest absolute Gasteiger partial charge is 0.438 e. The van der Waals surface area contributed by atoms with Crippen molar-refractivity contribution in [3.05, 3.63) is 194 Å². The molecule has 0 atom stereocenters. The third-order valence-electron chi connectivity index (χ3n) is 10.1. The molecule has 0 aliphatic carbocycles. The molecular weight excluding hydrogens is 633 g/mol. The van der Waals surface area contributed by atoms with Crippen molar-refractivity contribution in [1.82, 2.24) is 4.98 Å². The third kappa shape index (κ3) is 5.28. The Kier molecular flexibility index (Phi) is 7.14. The van der Waals surface area contributed by atoms with Gasteiger partial charge >= 0.3 is 0 Å². The Morgan fingerprint density at radius 3 is 1.40 bits per heavy atom. The Labute approximate surface area is 301 Å². The van der Waals surface area contributed by atoms with E-state index in [-0.39, 0.29) is 0 Å². The summed E-state index contributed by atoms with van der Waals surface area (Å²) in [4.78, 5) is 6.87. The summed E-state index contributed by atoms with van der Waals surface area (Å²) in [5.41, 5.74) is 11.7. The van der Waals surface area contributed by atoms with Crippen LogP contribution in [-0.2, 0) is 0 Å². The van der Waals surface area contributed by atoms with Crippen LogP contribution in [0.4, 0.5) is 17.1 Å². The van der Waals surface area contributed by atoms with Gasteiger partial charge in [-0.25, -0.2) is 4.98 Å². The first-order valence-electron chi connectivity index (χ1n) is 17.6. The molecule has 10 aromatic rings. The summed E-state index contributed by atoms with van der Waals surface area (Å²) >= 11 is 0. The van der Waals surface area contributed by atoms with Crippen LogP contribution in [0.1, 0.15) is 0 Å². The molecule has 0 unspecified atom stereocenters. The first-order chi connectivity index (χ1) is 25.7. The molecule has 244 valence electrons. The highest BCUT2D eigenvalue weighted by atomic mass is 16.3. The van der Waals surface area contributed by atoms with Crippen LogP contribution in [0.3, 0.4) is 0 Å². The van der Waals surface area contributed by atoms with Gasteiger partial charge in [0.1, 0.15) is 5.58 Å². The molecule has 10 rings (SSSR count). The number of para-hydroxylation sites is 1. The Bertz CT molecular complexity index is 2760. The molecule has 0 N–H and O–H groups in total. The number of pyridine rings is 1. The van der Waals surface area contributed by atoms with Crippen LogP contribution >= 0.6 is 0 Å². The lowest BCUT2D eigenvalue weighted by Crippen LogP contribution is -2.09. The summed E-state index contributed by atoms with van der Waals surface area (Å²) in [6.45, 7) is 0. The van der Waals surface area contributed by atoms with E-state index in [1.54, 1.807) is 0 Å². The molecule has 0 aliphatic rings. The van der Waals surface area contributed by atoms with Gasteiger partial charge in [0.15, 0.2) is 0 Å². The Balaban J connectivity index is 1.04. The van der Waals surface area contributed by atoms with Crippen molar-refractivity contribution in [2.75, 3.05) is 4.90 Å². The van der Waals surface area contributed by atoms with Gasteiger partial charge in [0.2, 0.25) is 5.71 Å². The van der Waals surface area contributed by atoms with Crippen LogP contribution < -0.4 is 4.90 Å². The average molecular weight is 665 g/mol. The molecule has 0 saturated heterocycles. The van der Waals surface area contributed by atoms with Crippen molar-refractivity contribution in [3.63, 3.8) is 0 Å². The quantitative estimate of drug-likeness (QED) is 0.177. The fourth-order valence-electron chi connectivity index (χ4n) is 7.47. The predicted molar refractivity (Wildman–Crippen MR) is 218 cm³/mol. The normalized spacial score (nSPS) is 11.5. The minimum absolute atomic E-state index is 0.655. The smallest absolute Gasteiger partial charge is 0.227 e. The van der Waals surface area contributed by atoms with Crippen LogP contribution in [-0.4, -0.2) is 4.98 Å². The second kappa shape index (κ2) is 12.4. The molecule has 0 bridgehead atoms. The van der Waals surface area contributed by atoms with Crippen molar-refractivity contribution < 1.29 is 4.42 Å². The highest BCUT2D eigenvalue weighted by Crippen LogP contribution is 2.40. The van der Waals surface area contributed by atoms with Gasteiger partial charge in [-0.05, 0) is 116 Å². The van der Waals surface area contributed by atoms with Gasteiger partial charge in [-0.3, -0.25) is 0 Å². The molecular formula is C49H32N2O. The van der Waals surface area contributed by atoms with Gasteiger partial charge < -0.3 is 9.32 Å². The first-order valence-corrected chi connectivity index (χ1v) is 17.6. The van der Waals surface area contributed by atoms with Crippen molar-refractivity contribution >= 4 is 60.7 Å². The van der Waals surface area contributed by atoms with Crippen LogP contribution in [0, 0.1) is 0 Å². The van der Waals surface area contributed by atoms with Gasteiger partial charge in [0, 0.05) is 28.6 Å². The topological polar surface area (TPSA) is 29.3 Å². The second-order valence-corrected chi connectivity index (χ2v) is 13.2. The molecule has 0 spiro atoms. The number of hydrogen-bond donors (Lipinski definition) is 0. The third-order valence-corrected chi connectivity index (χ3v) is 10.1.